The molecule has 0 radical (unpaired) electrons. The van der Waals surface area contributed by atoms with Crippen molar-refractivity contribution >= 4 is 16.6 Å². The Bertz CT molecular complexity index is 940. The summed E-state index contributed by atoms with van der Waals surface area (Å²) in [4.78, 5) is 0. The number of rotatable bonds is 16. The van der Waals surface area contributed by atoms with Crippen molar-refractivity contribution in [1.82, 2.24) is 0 Å². The second-order valence-corrected chi connectivity index (χ2v) is 25.2. The molecule has 5 atom stereocenters. The van der Waals surface area contributed by atoms with Crippen molar-refractivity contribution in [2.24, 2.45) is 23.2 Å². The molecular formula is C39H72O2Si2. The minimum absolute atomic E-state index is 0.0187. The molecule has 0 bridgehead atoms. The van der Waals surface area contributed by atoms with Crippen molar-refractivity contribution in [3.63, 3.8) is 0 Å². The fraction of sp³-hybridized carbons (Fsp3) is 0.846. The summed E-state index contributed by atoms with van der Waals surface area (Å²) in [6, 6.07) is 7.46. The van der Waals surface area contributed by atoms with E-state index < -0.39 is 16.6 Å². The third-order valence-corrected chi connectivity index (χ3v) is 22.7. The van der Waals surface area contributed by atoms with Crippen LogP contribution in [-0.4, -0.2) is 28.3 Å². The molecule has 0 aromatic rings. The van der Waals surface area contributed by atoms with E-state index in [4.69, 9.17) is 8.85 Å². The minimum Gasteiger partial charge on any atom is -0.414 e. The second-order valence-electron chi connectivity index (χ2n) is 15.8. The molecule has 3 aliphatic carbocycles. The average Bonchev–Trinajstić information content (AvgIpc) is 3.36. The first-order valence-electron chi connectivity index (χ1n) is 18.8. The molecule has 0 aromatic heterocycles. The summed E-state index contributed by atoms with van der Waals surface area (Å²) in [6.07, 6.45) is 19.5. The molecule has 4 heteroatoms. The Kier molecular flexibility index (Phi) is 13.7. The van der Waals surface area contributed by atoms with Gasteiger partial charge in [0.2, 0.25) is 0 Å². The van der Waals surface area contributed by atoms with Gasteiger partial charge in [0.15, 0.2) is 16.6 Å². The summed E-state index contributed by atoms with van der Waals surface area (Å²) >= 11 is 0. The Balaban J connectivity index is 1.64. The molecule has 2 nitrogen and oxygen atoms in total. The van der Waals surface area contributed by atoms with Gasteiger partial charge in [-0.2, -0.15) is 0 Å². The van der Waals surface area contributed by atoms with Gasteiger partial charge in [-0.25, -0.2) is 0 Å². The molecule has 0 saturated heterocycles. The van der Waals surface area contributed by atoms with Crippen LogP contribution in [0.25, 0.3) is 0 Å². The van der Waals surface area contributed by atoms with Gasteiger partial charge in [0.1, 0.15) is 0 Å². The van der Waals surface area contributed by atoms with Crippen LogP contribution in [-0.2, 0) is 8.85 Å². The van der Waals surface area contributed by atoms with E-state index in [-0.39, 0.29) is 5.60 Å². The Labute approximate surface area is 271 Å². The zero-order valence-corrected chi connectivity index (χ0v) is 32.5. The Morgan fingerprint density at radius 2 is 1.53 bits per heavy atom. The van der Waals surface area contributed by atoms with E-state index in [1.54, 1.807) is 5.57 Å². The fourth-order valence-corrected chi connectivity index (χ4v) is 15.8. The van der Waals surface area contributed by atoms with Crippen molar-refractivity contribution in [2.45, 2.75) is 188 Å². The predicted octanol–water partition coefficient (Wildman–Crippen LogP) is 12.8. The lowest BCUT2D eigenvalue weighted by Crippen LogP contribution is -2.44. The summed E-state index contributed by atoms with van der Waals surface area (Å²) < 4.78 is 13.9. The van der Waals surface area contributed by atoms with E-state index in [1.165, 1.54) is 98.8 Å². The van der Waals surface area contributed by atoms with Crippen molar-refractivity contribution in [3.8, 4) is 0 Å². The van der Waals surface area contributed by atoms with Gasteiger partial charge in [0, 0.05) is 6.10 Å². The molecule has 0 heterocycles. The molecule has 3 saturated carbocycles. The van der Waals surface area contributed by atoms with E-state index in [2.05, 4.69) is 88.0 Å². The second kappa shape index (κ2) is 15.9. The Morgan fingerprint density at radius 3 is 2.14 bits per heavy atom. The third kappa shape index (κ3) is 8.89. The molecule has 248 valence electrons. The van der Waals surface area contributed by atoms with E-state index >= 15 is 0 Å². The molecule has 3 rings (SSSR count). The van der Waals surface area contributed by atoms with Gasteiger partial charge < -0.3 is 8.85 Å². The highest BCUT2D eigenvalue weighted by atomic mass is 28.4. The molecule has 0 spiro atoms. The highest BCUT2D eigenvalue weighted by Crippen LogP contribution is 2.60. The molecule has 1 unspecified atom stereocenters. The summed E-state index contributed by atoms with van der Waals surface area (Å²) in [5, 5.41) is 0. The first-order valence-corrected chi connectivity index (χ1v) is 23.9. The first kappa shape index (κ1) is 37.0. The molecule has 43 heavy (non-hydrogen) atoms. The van der Waals surface area contributed by atoms with Crippen LogP contribution in [0.4, 0.5) is 0 Å². The van der Waals surface area contributed by atoms with Gasteiger partial charge in [-0.1, -0.05) is 98.1 Å². The largest absolute Gasteiger partial charge is 0.414 e. The standard InChI is InChI=1S/C39H72O2Si2/c1-12-42(13-2,14-3)40-35-25-22-31(7)34(30-35)24-23-33-21-19-29-39(11)36(26-27-37(33)39)32(8)20-18-28-38(9,10)41-43(15-4,16-5)17-6/h23-24,32,35-37H,7,12-22,25-30H2,1-6,8-11H3/b33-23+,34-24-/t32-,35+,36-,37?,39-/m1/s1. The Morgan fingerprint density at radius 1 is 0.907 bits per heavy atom. The van der Waals surface area contributed by atoms with Gasteiger partial charge in [-0.05, 0) is 137 Å². The topological polar surface area (TPSA) is 18.5 Å². The zero-order chi connectivity index (χ0) is 31.9. The van der Waals surface area contributed by atoms with Crippen LogP contribution in [0.1, 0.15) is 140 Å². The molecule has 3 fully saturated rings. The van der Waals surface area contributed by atoms with Crippen LogP contribution in [0, 0.1) is 23.2 Å². The van der Waals surface area contributed by atoms with Crippen LogP contribution in [0.2, 0.25) is 36.3 Å². The number of hydrogen-bond donors (Lipinski definition) is 0. The van der Waals surface area contributed by atoms with Crippen molar-refractivity contribution in [2.75, 3.05) is 0 Å². The molecular weight excluding hydrogens is 557 g/mol. The quantitative estimate of drug-likeness (QED) is 0.158. The van der Waals surface area contributed by atoms with Crippen LogP contribution in [0.5, 0.6) is 0 Å². The van der Waals surface area contributed by atoms with E-state index in [9.17, 15) is 0 Å². The predicted molar refractivity (Wildman–Crippen MR) is 195 cm³/mol. The van der Waals surface area contributed by atoms with Gasteiger partial charge in [-0.15, -0.1) is 0 Å². The number of fused-ring (bicyclic) bond motifs is 1. The highest BCUT2D eigenvalue weighted by Gasteiger charge is 2.50. The van der Waals surface area contributed by atoms with Crippen LogP contribution < -0.4 is 0 Å². The molecule has 0 aliphatic heterocycles. The van der Waals surface area contributed by atoms with E-state index in [1.807, 2.05) is 0 Å². The minimum atomic E-state index is -1.57. The summed E-state index contributed by atoms with van der Waals surface area (Å²) in [7, 11) is -3.14. The maximum absolute atomic E-state index is 6.95. The number of allylic oxidation sites excluding steroid dienone is 4. The average molecular weight is 629 g/mol. The van der Waals surface area contributed by atoms with Crippen LogP contribution in [0.15, 0.2) is 35.5 Å². The number of hydrogen-bond acceptors (Lipinski definition) is 2. The lowest BCUT2D eigenvalue weighted by atomic mass is 9.60. The van der Waals surface area contributed by atoms with Crippen LogP contribution in [0.3, 0.4) is 0 Å². The summed E-state index contributed by atoms with van der Waals surface area (Å²) in [5.41, 5.74) is 5.04. The maximum Gasteiger partial charge on any atom is 0.192 e. The molecule has 3 aliphatic rings. The zero-order valence-electron chi connectivity index (χ0n) is 30.5. The Hall–Kier alpha value is -0.426. The van der Waals surface area contributed by atoms with Crippen molar-refractivity contribution < 1.29 is 8.85 Å². The lowest BCUT2D eigenvalue weighted by molar-refractivity contribution is 0.0704. The summed E-state index contributed by atoms with van der Waals surface area (Å²) in [5.74, 6) is 2.41. The smallest absolute Gasteiger partial charge is 0.192 e. The van der Waals surface area contributed by atoms with Crippen molar-refractivity contribution in [1.29, 1.82) is 0 Å². The maximum atomic E-state index is 6.95. The SMILES string of the molecule is C=C1CC[C@H](O[Si](CC)(CC)CC)C/C1=C/C=C1\CCC[C@@]2(C)C1CC[C@@H]2[C@H](C)CCCC(C)(C)O[Si](CC)(CC)CC. The van der Waals surface area contributed by atoms with E-state index in [0.717, 1.165) is 37.0 Å². The monoisotopic (exact) mass is 629 g/mol. The third-order valence-electron chi connectivity index (χ3n) is 13.1. The fourth-order valence-electron chi connectivity index (χ4n) is 9.70. The van der Waals surface area contributed by atoms with Gasteiger partial charge >= 0.3 is 0 Å². The normalized spacial score (nSPS) is 29.8. The molecule has 0 aromatic carbocycles. The van der Waals surface area contributed by atoms with Gasteiger partial charge in [0.05, 0.1) is 5.60 Å². The van der Waals surface area contributed by atoms with Crippen molar-refractivity contribution in [3.05, 3.63) is 35.5 Å². The molecule has 0 N–H and O–H groups in total. The summed E-state index contributed by atoms with van der Waals surface area (Å²) in [6.45, 7) is 28.6. The van der Waals surface area contributed by atoms with Gasteiger partial charge in [0.25, 0.3) is 0 Å². The first-order chi connectivity index (χ1) is 20.4. The van der Waals surface area contributed by atoms with E-state index in [0.29, 0.717) is 11.5 Å². The van der Waals surface area contributed by atoms with Crippen LogP contribution >= 0.6 is 0 Å². The highest BCUT2D eigenvalue weighted by molar-refractivity contribution is 6.74. The van der Waals surface area contributed by atoms with Gasteiger partial charge in [-0.3, -0.25) is 0 Å². The lowest BCUT2D eigenvalue weighted by Gasteiger charge is -2.44. The molecule has 0 amide bonds.